The number of carbonyl (C=O) groups is 1. The number of carbonyl (C=O) groups excluding carboxylic acids is 1. The van der Waals surface area contributed by atoms with Crippen molar-refractivity contribution >= 4 is 5.78 Å². The van der Waals surface area contributed by atoms with Crippen molar-refractivity contribution in [1.82, 2.24) is 4.90 Å². The largest absolute Gasteiger partial charge is 0.306 e. The van der Waals surface area contributed by atoms with Crippen molar-refractivity contribution in [3.8, 4) is 0 Å². The van der Waals surface area contributed by atoms with Gasteiger partial charge in [-0.15, -0.1) is 0 Å². The van der Waals surface area contributed by atoms with Crippen molar-refractivity contribution < 1.29 is 4.79 Å². The highest BCUT2D eigenvalue weighted by Crippen LogP contribution is 2.25. The van der Waals surface area contributed by atoms with Gasteiger partial charge in [0.05, 0.1) is 0 Å². The molecule has 1 saturated carbocycles. The average molecular weight is 646 g/mol. The van der Waals surface area contributed by atoms with Crippen LogP contribution < -0.4 is 0 Å². The Morgan fingerprint density at radius 1 is 0.435 bits per heavy atom. The van der Waals surface area contributed by atoms with E-state index in [1.54, 1.807) is 0 Å². The van der Waals surface area contributed by atoms with Crippen LogP contribution in [-0.2, 0) is 4.79 Å². The molecule has 0 amide bonds. The third-order valence-electron chi connectivity index (χ3n) is 11.2. The quantitative estimate of drug-likeness (QED) is 0.0789. The monoisotopic (exact) mass is 646 g/mol. The van der Waals surface area contributed by atoms with Crippen LogP contribution in [0.4, 0.5) is 0 Å². The first-order valence-electron chi connectivity index (χ1n) is 21.9. The standard InChI is InChI=1S/C44H87NO/c1-3-4-5-6-7-19-25-32-39-44(46)40-33-26-21-28-35-42-45(2)41-34-27-20-15-14-18-24-31-38-43-36-29-22-16-12-10-8-9-11-13-17-23-30-37-43/h43H,3-42H2,1-2H3. The molecule has 2 heteroatoms. The lowest BCUT2D eigenvalue weighted by Gasteiger charge is -2.17. The van der Waals surface area contributed by atoms with E-state index in [0.717, 1.165) is 31.6 Å². The van der Waals surface area contributed by atoms with Gasteiger partial charge in [0.2, 0.25) is 0 Å². The average Bonchev–Trinajstić information content (AvgIpc) is 3.06. The zero-order chi connectivity index (χ0) is 33.0. The Labute approximate surface area is 291 Å². The Balaban J connectivity index is 1.86. The van der Waals surface area contributed by atoms with Gasteiger partial charge >= 0.3 is 0 Å². The smallest absolute Gasteiger partial charge is 0.132 e. The lowest BCUT2D eigenvalue weighted by molar-refractivity contribution is -0.119. The van der Waals surface area contributed by atoms with E-state index in [4.69, 9.17) is 0 Å². The molecule has 0 aromatic heterocycles. The molecule has 0 unspecified atom stereocenters. The predicted octanol–water partition coefficient (Wildman–Crippen LogP) is 15.0. The van der Waals surface area contributed by atoms with Crippen LogP contribution in [0.3, 0.4) is 0 Å². The van der Waals surface area contributed by atoms with Crippen molar-refractivity contribution in [3.05, 3.63) is 0 Å². The molecule has 0 saturated heterocycles. The van der Waals surface area contributed by atoms with E-state index in [2.05, 4.69) is 18.9 Å². The maximum absolute atomic E-state index is 12.1. The molecule has 0 aromatic carbocycles. The molecule has 0 N–H and O–H groups in total. The SMILES string of the molecule is CCCCCCCCCCC(=O)CCCCCCCN(C)CCCCCCCCCCC1CCCCCCCCCCCCCC1. The van der Waals surface area contributed by atoms with Gasteiger partial charge in [0, 0.05) is 12.8 Å². The fraction of sp³-hybridized carbons (Fsp3) is 0.977. The molecule has 0 aliphatic heterocycles. The molecule has 0 atom stereocenters. The Morgan fingerprint density at radius 2 is 0.761 bits per heavy atom. The third kappa shape index (κ3) is 32.2. The molecule has 0 spiro atoms. The normalized spacial score (nSPS) is 16.4. The van der Waals surface area contributed by atoms with Gasteiger partial charge in [-0.1, -0.05) is 212 Å². The van der Waals surface area contributed by atoms with Crippen LogP contribution in [0.1, 0.15) is 251 Å². The van der Waals surface area contributed by atoms with Gasteiger partial charge < -0.3 is 4.90 Å². The molecule has 1 fully saturated rings. The zero-order valence-corrected chi connectivity index (χ0v) is 32.2. The maximum Gasteiger partial charge on any atom is 0.132 e. The maximum atomic E-state index is 12.1. The van der Waals surface area contributed by atoms with Crippen molar-refractivity contribution in [1.29, 1.82) is 0 Å². The Bertz CT molecular complexity index is 587. The summed E-state index contributed by atoms with van der Waals surface area (Å²) in [5, 5.41) is 0. The van der Waals surface area contributed by atoms with E-state index in [1.165, 1.54) is 231 Å². The van der Waals surface area contributed by atoms with E-state index < -0.39 is 0 Å². The van der Waals surface area contributed by atoms with Gasteiger partial charge in [-0.3, -0.25) is 4.79 Å². The predicted molar refractivity (Wildman–Crippen MR) is 207 cm³/mol. The van der Waals surface area contributed by atoms with Crippen LogP contribution in [0.15, 0.2) is 0 Å². The summed E-state index contributed by atoms with van der Waals surface area (Å²) in [5.41, 5.74) is 0. The highest BCUT2D eigenvalue weighted by molar-refractivity contribution is 5.78. The first kappa shape index (κ1) is 43.7. The molecule has 0 aromatic rings. The van der Waals surface area contributed by atoms with Gasteiger partial charge in [0.15, 0.2) is 0 Å². The minimum absolute atomic E-state index is 0.517. The lowest BCUT2D eigenvalue weighted by Crippen LogP contribution is -2.20. The third-order valence-corrected chi connectivity index (χ3v) is 11.2. The zero-order valence-electron chi connectivity index (χ0n) is 32.2. The highest BCUT2D eigenvalue weighted by Gasteiger charge is 2.09. The second-order valence-corrected chi connectivity index (χ2v) is 15.9. The van der Waals surface area contributed by atoms with E-state index in [9.17, 15) is 4.79 Å². The Kier molecular flexibility index (Phi) is 34.1. The number of rotatable bonds is 28. The molecule has 2 nitrogen and oxygen atoms in total. The second kappa shape index (κ2) is 35.9. The van der Waals surface area contributed by atoms with Gasteiger partial charge in [-0.2, -0.15) is 0 Å². The summed E-state index contributed by atoms with van der Waals surface area (Å²) in [4.78, 5) is 14.7. The summed E-state index contributed by atoms with van der Waals surface area (Å²) in [7, 11) is 2.32. The Morgan fingerprint density at radius 3 is 1.17 bits per heavy atom. The minimum atomic E-state index is 0.517. The van der Waals surface area contributed by atoms with Gasteiger partial charge in [0.25, 0.3) is 0 Å². The van der Waals surface area contributed by atoms with E-state index in [1.807, 2.05) is 0 Å². The van der Waals surface area contributed by atoms with Crippen molar-refractivity contribution in [2.24, 2.45) is 5.92 Å². The minimum Gasteiger partial charge on any atom is -0.306 e. The molecule has 0 radical (unpaired) electrons. The summed E-state index contributed by atoms with van der Waals surface area (Å²) in [6.45, 7) is 4.80. The first-order chi connectivity index (χ1) is 22.7. The number of nitrogens with zero attached hydrogens (tertiary/aromatic N) is 1. The molecule has 274 valence electrons. The molecule has 46 heavy (non-hydrogen) atoms. The molecular formula is C44H87NO. The van der Waals surface area contributed by atoms with Crippen molar-refractivity contribution in [2.45, 2.75) is 251 Å². The van der Waals surface area contributed by atoms with Crippen molar-refractivity contribution in [3.63, 3.8) is 0 Å². The number of hydrogen-bond donors (Lipinski definition) is 0. The summed E-state index contributed by atoms with van der Waals surface area (Å²) < 4.78 is 0. The molecular weight excluding hydrogens is 558 g/mol. The lowest BCUT2D eigenvalue weighted by atomic mass is 9.89. The number of unbranched alkanes of at least 4 members (excludes halogenated alkanes) is 18. The summed E-state index contributed by atoms with van der Waals surface area (Å²) in [5.74, 6) is 1.55. The van der Waals surface area contributed by atoms with Crippen LogP contribution in [0.25, 0.3) is 0 Å². The molecule has 0 bridgehead atoms. The first-order valence-corrected chi connectivity index (χ1v) is 21.9. The van der Waals surface area contributed by atoms with Crippen LogP contribution in [0.5, 0.6) is 0 Å². The van der Waals surface area contributed by atoms with Gasteiger partial charge in [-0.25, -0.2) is 0 Å². The topological polar surface area (TPSA) is 20.3 Å². The molecule has 1 rings (SSSR count). The number of hydrogen-bond acceptors (Lipinski definition) is 2. The van der Waals surface area contributed by atoms with Crippen molar-refractivity contribution in [2.75, 3.05) is 20.1 Å². The molecule has 1 aliphatic carbocycles. The van der Waals surface area contributed by atoms with E-state index >= 15 is 0 Å². The van der Waals surface area contributed by atoms with E-state index in [0.29, 0.717) is 5.78 Å². The van der Waals surface area contributed by atoms with Gasteiger partial charge in [-0.05, 0) is 51.7 Å². The highest BCUT2D eigenvalue weighted by atomic mass is 16.1. The summed E-state index contributed by atoms with van der Waals surface area (Å²) in [6.07, 6.45) is 52.6. The molecule has 1 aliphatic rings. The molecule has 0 heterocycles. The summed E-state index contributed by atoms with van der Waals surface area (Å²) in [6, 6.07) is 0. The fourth-order valence-electron chi connectivity index (χ4n) is 7.87. The second-order valence-electron chi connectivity index (χ2n) is 15.9. The van der Waals surface area contributed by atoms with Crippen LogP contribution >= 0.6 is 0 Å². The Hall–Kier alpha value is -0.370. The fourth-order valence-corrected chi connectivity index (χ4v) is 7.87. The summed E-state index contributed by atoms with van der Waals surface area (Å²) >= 11 is 0. The van der Waals surface area contributed by atoms with Crippen LogP contribution in [0.2, 0.25) is 0 Å². The van der Waals surface area contributed by atoms with Crippen LogP contribution in [-0.4, -0.2) is 30.8 Å². The van der Waals surface area contributed by atoms with Gasteiger partial charge in [0.1, 0.15) is 5.78 Å². The number of ketones is 1. The van der Waals surface area contributed by atoms with E-state index in [-0.39, 0.29) is 0 Å². The van der Waals surface area contributed by atoms with Crippen LogP contribution in [0, 0.1) is 5.92 Å². The number of Topliss-reactive ketones (excluding diaryl/α,β-unsaturated/α-hetero) is 1.